The first-order valence-corrected chi connectivity index (χ1v) is 13.7. The van der Waals surface area contributed by atoms with Gasteiger partial charge in [0.15, 0.2) is 0 Å². The highest BCUT2D eigenvalue weighted by Crippen LogP contribution is 2.11. The van der Waals surface area contributed by atoms with Gasteiger partial charge in [0.05, 0.1) is 55.4 Å². The summed E-state index contributed by atoms with van der Waals surface area (Å²) in [5.74, 6) is 0. The van der Waals surface area contributed by atoms with Crippen molar-refractivity contribution in [1.82, 2.24) is 0 Å². The third-order valence-corrected chi connectivity index (χ3v) is 5.86. The average Bonchev–Trinajstić information content (AvgIpc) is 2.64. The zero-order chi connectivity index (χ0) is 23.1. The molecule has 0 spiro atoms. The highest BCUT2D eigenvalue weighted by molar-refractivity contribution is 4.47. The van der Waals surface area contributed by atoms with Crippen LogP contribution in [0.5, 0.6) is 0 Å². The number of hydrogen-bond donors (Lipinski definition) is 0. The zero-order valence-corrected chi connectivity index (χ0v) is 25.3. The van der Waals surface area contributed by atoms with Crippen LogP contribution < -0.4 is 24.8 Å². The van der Waals surface area contributed by atoms with E-state index in [0.29, 0.717) is 0 Å². The minimum absolute atomic E-state index is 0. The second-order valence-electron chi connectivity index (χ2n) is 11.7. The number of rotatable bonds is 20. The van der Waals surface area contributed by atoms with Crippen LogP contribution in [0.4, 0.5) is 0 Å². The maximum absolute atomic E-state index is 2.29. The Balaban J connectivity index is -0.000000232. The first kappa shape index (κ1) is 39.7. The number of unbranched alkanes of at least 4 members (excludes halogenated alkanes) is 16. The lowest BCUT2D eigenvalue weighted by molar-refractivity contribution is -0.870. The van der Waals surface area contributed by atoms with Gasteiger partial charge in [0.25, 0.3) is 0 Å². The number of quaternary nitrogens is 2. The van der Waals surface area contributed by atoms with Crippen LogP contribution >= 0.6 is 0 Å². The molecule has 200 valence electrons. The molecule has 0 saturated heterocycles. The lowest BCUT2D eigenvalue weighted by Gasteiger charge is -2.23. The molecule has 0 aromatic heterocycles. The zero-order valence-electron chi connectivity index (χ0n) is 23.8. The molecule has 0 heterocycles. The Morgan fingerprint density at radius 2 is 0.500 bits per heavy atom. The first-order valence-electron chi connectivity index (χ1n) is 13.7. The quantitative estimate of drug-likeness (QED) is 0.178. The van der Waals surface area contributed by atoms with Crippen LogP contribution in [0.15, 0.2) is 0 Å². The molecule has 0 aliphatic heterocycles. The van der Waals surface area contributed by atoms with Crippen LogP contribution in [0.25, 0.3) is 0 Å². The van der Waals surface area contributed by atoms with Crippen molar-refractivity contribution in [3.8, 4) is 0 Å². The molecule has 0 radical (unpaired) electrons. The first-order chi connectivity index (χ1) is 14.1. The normalized spacial score (nSPS) is 11.2. The third kappa shape index (κ3) is 44.2. The highest BCUT2D eigenvalue weighted by Gasteiger charge is 2.05. The third-order valence-electron chi connectivity index (χ3n) is 5.86. The minimum atomic E-state index is 0. The molecule has 0 bridgehead atoms. The van der Waals surface area contributed by atoms with E-state index < -0.39 is 0 Å². The molecule has 0 aliphatic rings. The van der Waals surface area contributed by atoms with Crippen LogP contribution in [0.3, 0.4) is 0 Å². The summed E-state index contributed by atoms with van der Waals surface area (Å²) in [5, 5.41) is 0. The fourth-order valence-corrected chi connectivity index (χ4v) is 3.79. The molecule has 0 aromatic carbocycles. The topological polar surface area (TPSA) is 0 Å². The summed E-state index contributed by atoms with van der Waals surface area (Å²) in [6, 6.07) is 0. The van der Waals surface area contributed by atoms with Crippen LogP contribution in [0.1, 0.15) is 129 Å². The van der Waals surface area contributed by atoms with Crippen molar-refractivity contribution in [3.05, 3.63) is 0 Å². The van der Waals surface area contributed by atoms with Crippen molar-refractivity contribution in [3.63, 3.8) is 0 Å². The Labute approximate surface area is 218 Å². The van der Waals surface area contributed by atoms with Crippen LogP contribution in [0, 0.1) is 0 Å². The average molecular weight is 500 g/mol. The van der Waals surface area contributed by atoms with Gasteiger partial charge in [-0.1, -0.05) is 104 Å². The summed E-state index contributed by atoms with van der Waals surface area (Å²) in [6.07, 6.45) is 25.8. The van der Waals surface area contributed by atoms with Gasteiger partial charge in [-0.3, -0.25) is 0 Å². The molecule has 0 unspecified atom stereocenters. The molecule has 2 nitrogen and oxygen atoms in total. The Kier molecular flexibility index (Phi) is 34.4. The summed E-state index contributed by atoms with van der Waals surface area (Å²) < 4.78 is 2.24. The van der Waals surface area contributed by atoms with E-state index in [9.17, 15) is 0 Å². The van der Waals surface area contributed by atoms with E-state index in [-0.39, 0.29) is 24.8 Å². The molecule has 0 amide bonds. The summed E-state index contributed by atoms with van der Waals surface area (Å²) in [6.45, 7) is 7.22. The molecule has 0 rings (SSSR count). The minimum Gasteiger partial charge on any atom is -1.00 e. The van der Waals surface area contributed by atoms with Gasteiger partial charge in [0.1, 0.15) is 0 Å². The lowest BCUT2D eigenvalue weighted by Crippen LogP contribution is -3.00. The van der Waals surface area contributed by atoms with Gasteiger partial charge in [0.2, 0.25) is 0 Å². The second kappa shape index (κ2) is 27.7. The predicted molar refractivity (Wildman–Crippen MR) is 140 cm³/mol. The maximum Gasteiger partial charge on any atom is 0.0780 e. The van der Waals surface area contributed by atoms with Gasteiger partial charge in [-0.25, -0.2) is 0 Å². The maximum atomic E-state index is 2.29. The van der Waals surface area contributed by atoms with Crippen LogP contribution in [-0.2, 0) is 0 Å². The van der Waals surface area contributed by atoms with E-state index in [2.05, 4.69) is 56.1 Å². The smallest absolute Gasteiger partial charge is 0.0780 e. The number of halogens is 2. The predicted octanol–water partition coefficient (Wildman–Crippen LogP) is 2.45. The van der Waals surface area contributed by atoms with E-state index in [1.54, 1.807) is 0 Å². The Bertz CT molecular complexity index is 322. The van der Waals surface area contributed by atoms with Gasteiger partial charge < -0.3 is 33.8 Å². The summed E-state index contributed by atoms with van der Waals surface area (Å²) in [4.78, 5) is 0. The lowest BCUT2D eigenvalue weighted by atomic mass is 10.1. The van der Waals surface area contributed by atoms with Crippen LogP contribution in [0.2, 0.25) is 0 Å². The van der Waals surface area contributed by atoms with Crippen molar-refractivity contribution in [1.29, 1.82) is 0 Å². The van der Waals surface area contributed by atoms with Gasteiger partial charge in [-0.2, -0.15) is 0 Å². The molecular weight excluding hydrogens is 435 g/mol. The highest BCUT2D eigenvalue weighted by atomic mass is 35.5. The van der Waals surface area contributed by atoms with Gasteiger partial charge in [-0.05, 0) is 25.7 Å². The summed E-state index contributed by atoms with van der Waals surface area (Å²) >= 11 is 0. The molecular formula is C28H64Cl2N2. The summed E-state index contributed by atoms with van der Waals surface area (Å²) in [5.41, 5.74) is 0. The van der Waals surface area contributed by atoms with Crippen molar-refractivity contribution >= 4 is 0 Å². The fraction of sp³-hybridized carbons (Fsp3) is 1.00. The molecule has 0 aliphatic carbocycles. The van der Waals surface area contributed by atoms with Gasteiger partial charge in [0, 0.05) is 0 Å². The molecule has 0 atom stereocenters. The second-order valence-corrected chi connectivity index (χ2v) is 11.7. The van der Waals surface area contributed by atoms with Crippen molar-refractivity contribution < 1.29 is 33.8 Å². The number of nitrogens with zero attached hydrogens (tertiary/aromatic N) is 2. The van der Waals surface area contributed by atoms with Crippen molar-refractivity contribution in [2.75, 3.05) is 55.4 Å². The van der Waals surface area contributed by atoms with E-state index in [1.807, 2.05) is 0 Å². The fourth-order valence-electron chi connectivity index (χ4n) is 3.79. The molecule has 0 N–H and O–H groups in total. The SMILES string of the molecule is CCCCCCCCCCCC[N+](C)(C)C.CCCCCCCCCC[N+](C)(C)C.[Cl-].[Cl-]. The summed E-state index contributed by atoms with van der Waals surface area (Å²) in [7, 11) is 13.7. The van der Waals surface area contributed by atoms with E-state index >= 15 is 0 Å². The van der Waals surface area contributed by atoms with Gasteiger partial charge in [-0.15, -0.1) is 0 Å². The molecule has 32 heavy (non-hydrogen) atoms. The monoisotopic (exact) mass is 498 g/mol. The Morgan fingerprint density at radius 3 is 0.688 bits per heavy atom. The van der Waals surface area contributed by atoms with Gasteiger partial charge >= 0.3 is 0 Å². The van der Waals surface area contributed by atoms with Crippen LogP contribution in [-0.4, -0.2) is 64.3 Å². The van der Waals surface area contributed by atoms with E-state index in [1.165, 1.54) is 129 Å². The Hall–Kier alpha value is 0.500. The van der Waals surface area contributed by atoms with E-state index in [0.717, 1.165) is 8.97 Å². The Morgan fingerprint density at radius 1 is 0.312 bits per heavy atom. The number of hydrogen-bond acceptors (Lipinski definition) is 0. The molecule has 4 heteroatoms. The molecule has 0 aromatic rings. The van der Waals surface area contributed by atoms with E-state index in [4.69, 9.17) is 0 Å². The molecule has 0 saturated carbocycles. The molecule has 0 fully saturated rings. The van der Waals surface area contributed by atoms with Crippen molar-refractivity contribution in [2.24, 2.45) is 0 Å². The largest absolute Gasteiger partial charge is 1.00 e. The van der Waals surface area contributed by atoms with Crippen molar-refractivity contribution in [2.45, 2.75) is 129 Å². The standard InChI is InChI=1S/C15H34N.C13H30N.2ClH/c1-5-6-7-8-9-10-11-12-13-14-15-16(2,3)4;1-5-6-7-8-9-10-11-12-13-14(2,3)4;;/h5-15H2,1-4H3;5-13H2,1-4H3;2*1H/q2*+1;;/p-2.